The minimum atomic E-state index is 0.531. The summed E-state index contributed by atoms with van der Waals surface area (Å²) in [5.74, 6) is 0.531. The average molecular weight is 256 g/mol. The lowest BCUT2D eigenvalue weighted by Crippen LogP contribution is -1.97. The fourth-order valence-corrected chi connectivity index (χ4v) is 2.67. The molecule has 0 bridgehead atoms. The summed E-state index contributed by atoms with van der Waals surface area (Å²) in [6.07, 6.45) is 1.49. The highest BCUT2D eigenvalue weighted by molar-refractivity contribution is 7.99. The third kappa shape index (κ3) is 1.93. The average Bonchev–Trinajstić information content (AvgIpc) is 2.77. The molecule has 5 heteroatoms. The van der Waals surface area contributed by atoms with E-state index in [1.165, 1.54) is 11.7 Å². The van der Waals surface area contributed by atoms with Crippen LogP contribution in [0.2, 0.25) is 0 Å². The molecule has 3 N–H and O–H groups in total. The van der Waals surface area contributed by atoms with Crippen LogP contribution < -0.4 is 5.73 Å². The number of benzene rings is 1. The summed E-state index contributed by atoms with van der Waals surface area (Å²) in [6, 6.07) is 10.3. The van der Waals surface area contributed by atoms with Gasteiger partial charge in [-0.2, -0.15) is 0 Å². The standard InChI is InChI=1S/C13H12N4S/c1-8-12(14)15-7-16-13(8)18-11-6-9-4-2-3-5-10(9)17-11/h2-7,17H,1H3,(H2,14,15,16). The second-order valence-corrected chi connectivity index (χ2v) is 5.04. The monoisotopic (exact) mass is 256 g/mol. The van der Waals surface area contributed by atoms with E-state index in [0.717, 1.165) is 21.1 Å². The molecule has 0 amide bonds. The van der Waals surface area contributed by atoms with E-state index in [1.807, 2.05) is 19.1 Å². The first kappa shape index (κ1) is 11.1. The Morgan fingerprint density at radius 1 is 1.22 bits per heavy atom. The van der Waals surface area contributed by atoms with Crippen LogP contribution in [0.3, 0.4) is 0 Å². The van der Waals surface area contributed by atoms with Gasteiger partial charge in [0, 0.05) is 16.5 Å². The van der Waals surface area contributed by atoms with Crippen LogP contribution in [-0.4, -0.2) is 15.0 Å². The van der Waals surface area contributed by atoms with Crippen molar-refractivity contribution < 1.29 is 0 Å². The Hall–Kier alpha value is -2.01. The lowest BCUT2D eigenvalue weighted by atomic mass is 10.3. The summed E-state index contributed by atoms with van der Waals surface area (Å²) in [7, 11) is 0. The van der Waals surface area contributed by atoms with Crippen molar-refractivity contribution in [2.24, 2.45) is 0 Å². The van der Waals surface area contributed by atoms with Crippen LogP contribution in [0.15, 0.2) is 46.7 Å². The van der Waals surface area contributed by atoms with Crippen LogP contribution in [-0.2, 0) is 0 Å². The van der Waals surface area contributed by atoms with Gasteiger partial charge in [-0.25, -0.2) is 9.97 Å². The summed E-state index contributed by atoms with van der Waals surface area (Å²) in [6.45, 7) is 1.93. The maximum atomic E-state index is 5.77. The molecule has 0 aliphatic heterocycles. The van der Waals surface area contributed by atoms with Crippen molar-refractivity contribution in [3.8, 4) is 0 Å². The van der Waals surface area contributed by atoms with Gasteiger partial charge in [-0.1, -0.05) is 30.0 Å². The Kier molecular flexibility index (Phi) is 2.68. The van der Waals surface area contributed by atoms with Crippen LogP contribution in [0.1, 0.15) is 5.56 Å². The summed E-state index contributed by atoms with van der Waals surface area (Å²) in [5.41, 5.74) is 7.82. The highest BCUT2D eigenvalue weighted by Gasteiger charge is 2.08. The van der Waals surface area contributed by atoms with Gasteiger partial charge < -0.3 is 10.7 Å². The fraction of sp³-hybridized carbons (Fsp3) is 0.0769. The number of hydrogen-bond donors (Lipinski definition) is 2. The van der Waals surface area contributed by atoms with Crippen molar-refractivity contribution in [3.63, 3.8) is 0 Å². The number of para-hydroxylation sites is 1. The largest absolute Gasteiger partial charge is 0.383 e. The quantitative estimate of drug-likeness (QED) is 0.692. The second-order valence-electron chi connectivity index (χ2n) is 4.01. The van der Waals surface area contributed by atoms with E-state index >= 15 is 0 Å². The summed E-state index contributed by atoms with van der Waals surface area (Å²) >= 11 is 1.57. The minimum absolute atomic E-state index is 0.531. The minimum Gasteiger partial charge on any atom is -0.383 e. The van der Waals surface area contributed by atoms with E-state index < -0.39 is 0 Å². The molecule has 90 valence electrons. The first-order valence-corrected chi connectivity index (χ1v) is 6.38. The van der Waals surface area contributed by atoms with Gasteiger partial charge in [-0.15, -0.1) is 0 Å². The van der Waals surface area contributed by atoms with Gasteiger partial charge in [-0.05, 0) is 19.1 Å². The van der Waals surface area contributed by atoms with Crippen molar-refractivity contribution in [2.45, 2.75) is 17.0 Å². The number of nitrogens with zero attached hydrogens (tertiary/aromatic N) is 2. The van der Waals surface area contributed by atoms with E-state index in [2.05, 4.69) is 33.2 Å². The van der Waals surface area contributed by atoms with Crippen LogP contribution in [0.5, 0.6) is 0 Å². The molecule has 1 aromatic carbocycles. The zero-order valence-corrected chi connectivity index (χ0v) is 10.7. The number of aromatic nitrogens is 3. The maximum Gasteiger partial charge on any atom is 0.130 e. The summed E-state index contributed by atoms with van der Waals surface area (Å²) < 4.78 is 0. The Morgan fingerprint density at radius 3 is 2.89 bits per heavy atom. The number of anilines is 1. The molecule has 18 heavy (non-hydrogen) atoms. The van der Waals surface area contributed by atoms with Gasteiger partial charge in [0.15, 0.2) is 0 Å². The predicted octanol–water partition coefficient (Wildman–Crippen LogP) is 3.00. The van der Waals surface area contributed by atoms with Crippen molar-refractivity contribution in [1.82, 2.24) is 15.0 Å². The Bertz CT molecular complexity index is 672. The Morgan fingerprint density at radius 2 is 2.06 bits per heavy atom. The lowest BCUT2D eigenvalue weighted by Gasteiger charge is -2.03. The number of nitrogen functional groups attached to an aromatic ring is 1. The number of aromatic amines is 1. The van der Waals surface area contributed by atoms with E-state index in [-0.39, 0.29) is 0 Å². The lowest BCUT2D eigenvalue weighted by molar-refractivity contribution is 1.01. The molecule has 0 radical (unpaired) electrons. The Labute approximate surface area is 109 Å². The summed E-state index contributed by atoms with van der Waals surface area (Å²) in [4.78, 5) is 11.6. The number of nitrogens with two attached hydrogens (primary N) is 1. The first-order valence-electron chi connectivity index (χ1n) is 5.57. The number of hydrogen-bond acceptors (Lipinski definition) is 4. The number of nitrogens with one attached hydrogen (secondary N) is 1. The van der Waals surface area contributed by atoms with E-state index in [4.69, 9.17) is 5.73 Å². The zero-order valence-electron chi connectivity index (χ0n) is 9.84. The normalized spacial score (nSPS) is 10.9. The number of H-pyrrole nitrogens is 1. The SMILES string of the molecule is Cc1c(N)ncnc1Sc1cc2ccccc2[nH]1. The Balaban J connectivity index is 1.99. The molecule has 3 rings (SSSR count). The molecule has 4 nitrogen and oxygen atoms in total. The summed E-state index contributed by atoms with van der Waals surface area (Å²) in [5, 5.41) is 3.13. The van der Waals surface area contributed by atoms with Gasteiger partial charge in [0.25, 0.3) is 0 Å². The van der Waals surface area contributed by atoms with Crippen molar-refractivity contribution >= 4 is 28.5 Å². The third-order valence-corrected chi connectivity index (χ3v) is 3.83. The van der Waals surface area contributed by atoms with Crippen molar-refractivity contribution in [1.29, 1.82) is 0 Å². The van der Waals surface area contributed by atoms with Gasteiger partial charge >= 0.3 is 0 Å². The van der Waals surface area contributed by atoms with Crippen LogP contribution in [0.4, 0.5) is 5.82 Å². The molecule has 0 aliphatic carbocycles. The van der Waals surface area contributed by atoms with Gasteiger partial charge in [0.2, 0.25) is 0 Å². The molecular weight excluding hydrogens is 244 g/mol. The van der Waals surface area contributed by atoms with Crippen LogP contribution in [0.25, 0.3) is 10.9 Å². The van der Waals surface area contributed by atoms with Crippen LogP contribution >= 0.6 is 11.8 Å². The molecule has 0 fully saturated rings. The molecular formula is C13H12N4S. The highest BCUT2D eigenvalue weighted by Crippen LogP contribution is 2.31. The second kappa shape index (κ2) is 4.34. The molecule has 2 heterocycles. The maximum absolute atomic E-state index is 5.77. The topological polar surface area (TPSA) is 67.6 Å². The molecule has 0 unspecified atom stereocenters. The van der Waals surface area contributed by atoms with Crippen LogP contribution in [0, 0.1) is 6.92 Å². The predicted molar refractivity (Wildman–Crippen MR) is 73.6 cm³/mol. The number of fused-ring (bicyclic) bond motifs is 1. The number of rotatable bonds is 2. The zero-order chi connectivity index (χ0) is 12.5. The molecule has 0 aliphatic rings. The molecule has 0 spiro atoms. The van der Waals surface area contributed by atoms with E-state index in [9.17, 15) is 0 Å². The van der Waals surface area contributed by atoms with Gasteiger partial charge in [-0.3, -0.25) is 0 Å². The molecule has 3 aromatic rings. The first-order chi connectivity index (χ1) is 8.74. The fourth-order valence-electron chi connectivity index (χ4n) is 1.76. The van der Waals surface area contributed by atoms with E-state index in [0.29, 0.717) is 5.82 Å². The molecule has 0 saturated carbocycles. The molecule has 2 aromatic heterocycles. The third-order valence-electron chi connectivity index (χ3n) is 2.79. The highest BCUT2D eigenvalue weighted by atomic mass is 32.2. The molecule has 0 atom stereocenters. The van der Waals surface area contributed by atoms with E-state index in [1.54, 1.807) is 11.8 Å². The molecule has 0 saturated heterocycles. The van der Waals surface area contributed by atoms with Gasteiger partial charge in [0.1, 0.15) is 17.2 Å². The smallest absolute Gasteiger partial charge is 0.130 e. The van der Waals surface area contributed by atoms with Crippen molar-refractivity contribution in [3.05, 3.63) is 42.2 Å². The van der Waals surface area contributed by atoms with Gasteiger partial charge in [0.05, 0.1) is 5.03 Å². The van der Waals surface area contributed by atoms with Crippen molar-refractivity contribution in [2.75, 3.05) is 5.73 Å².